The molecule has 0 aliphatic heterocycles. The van der Waals surface area contributed by atoms with Gasteiger partial charge >= 0.3 is 0 Å². The van der Waals surface area contributed by atoms with E-state index in [1.165, 1.54) is 5.56 Å². The Labute approximate surface area is 140 Å². The maximum atomic E-state index is 6.04. The van der Waals surface area contributed by atoms with Crippen LogP contribution < -0.4 is 5.73 Å². The summed E-state index contributed by atoms with van der Waals surface area (Å²) in [6.07, 6.45) is 0. The van der Waals surface area contributed by atoms with Crippen molar-refractivity contribution in [3.05, 3.63) is 39.1 Å². The van der Waals surface area contributed by atoms with Crippen LogP contribution in [0.3, 0.4) is 0 Å². The molecular weight excluding hydrogens is 373 g/mol. The van der Waals surface area contributed by atoms with Crippen molar-refractivity contribution in [2.45, 2.75) is 46.0 Å². The van der Waals surface area contributed by atoms with Crippen LogP contribution in [0.2, 0.25) is 0 Å². The van der Waals surface area contributed by atoms with E-state index in [0.29, 0.717) is 17.6 Å². The summed E-state index contributed by atoms with van der Waals surface area (Å²) in [7, 11) is 0. The van der Waals surface area contributed by atoms with Crippen molar-refractivity contribution in [2.75, 3.05) is 5.73 Å². The Morgan fingerprint density at radius 3 is 2.10 bits per heavy atom. The van der Waals surface area contributed by atoms with Gasteiger partial charge in [0.05, 0.1) is 9.26 Å². The monoisotopic (exact) mass is 395 g/mol. The van der Waals surface area contributed by atoms with E-state index in [4.69, 9.17) is 10.7 Å². The highest BCUT2D eigenvalue weighted by Gasteiger charge is 2.16. The van der Waals surface area contributed by atoms with Gasteiger partial charge in [0.25, 0.3) is 0 Å². The fraction of sp³-hybridized carbons (Fsp3) is 0.412. The molecule has 2 N–H and O–H groups in total. The first-order valence-electron chi connectivity index (χ1n) is 7.14. The van der Waals surface area contributed by atoms with Gasteiger partial charge in [-0.25, -0.2) is 9.97 Å². The lowest BCUT2D eigenvalue weighted by molar-refractivity contribution is 0.590. The van der Waals surface area contributed by atoms with Gasteiger partial charge < -0.3 is 5.73 Å². The summed E-state index contributed by atoms with van der Waals surface area (Å²) in [5.74, 6) is 1.59. The number of hydrogen-bond acceptors (Lipinski definition) is 3. The van der Waals surface area contributed by atoms with Crippen LogP contribution in [0.4, 0.5) is 5.82 Å². The van der Waals surface area contributed by atoms with Crippen molar-refractivity contribution >= 4 is 28.4 Å². The summed E-state index contributed by atoms with van der Waals surface area (Å²) >= 11 is 2.22. The summed E-state index contributed by atoms with van der Waals surface area (Å²) in [6.45, 7) is 10.9. The van der Waals surface area contributed by atoms with Crippen molar-refractivity contribution in [3.8, 4) is 11.4 Å². The van der Waals surface area contributed by atoms with Crippen molar-refractivity contribution < 1.29 is 0 Å². The summed E-state index contributed by atoms with van der Waals surface area (Å²) in [5.41, 5.74) is 9.50. The van der Waals surface area contributed by atoms with Gasteiger partial charge in [-0.15, -0.1) is 0 Å². The second-order valence-electron chi connectivity index (χ2n) is 6.61. The molecule has 0 saturated heterocycles. The number of anilines is 1. The number of nitrogens with two attached hydrogens (primary N) is 1. The molecule has 4 heteroatoms. The molecule has 112 valence electrons. The molecule has 0 aliphatic carbocycles. The van der Waals surface area contributed by atoms with Crippen molar-refractivity contribution in [3.63, 3.8) is 0 Å². The molecule has 1 heterocycles. The average molecular weight is 395 g/mol. The fourth-order valence-corrected chi connectivity index (χ4v) is 2.98. The molecular formula is C17H22IN3. The number of nitrogen functional groups attached to an aromatic ring is 1. The number of rotatable bonds is 2. The summed E-state index contributed by atoms with van der Waals surface area (Å²) < 4.78 is 0.956. The Bertz CT molecular complexity index is 640. The quantitative estimate of drug-likeness (QED) is 0.747. The molecule has 0 aliphatic rings. The lowest BCUT2D eigenvalue weighted by atomic mass is 9.86. The first-order chi connectivity index (χ1) is 9.70. The standard InChI is InChI=1S/C17H22IN3/c1-10(2)14-13(18)15(19)21-16(20-14)11-6-8-12(9-7-11)17(3,4)5/h6-10H,1-5H3,(H2,19,20,21). The molecule has 2 aromatic rings. The summed E-state index contributed by atoms with van der Waals surface area (Å²) in [5, 5.41) is 0. The van der Waals surface area contributed by atoms with Gasteiger partial charge in [-0.05, 0) is 39.5 Å². The molecule has 1 aromatic carbocycles. The zero-order chi connectivity index (χ0) is 15.8. The van der Waals surface area contributed by atoms with E-state index in [1.54, 1.807) is 0 Å². The lowest BCUT2D eigenvalue weighted by Crippen LogP contribution is -2.10. The third-order valence-corrected chi connectivity index (χ3v) is 4.56. The molecule has 0 spiro atoms. The van der Waals surface area contributed by atoms with E-state index in [2.05, 4.69) is 86.5 Å². The van der Waals surface area contributed by atoms with Crippen LogP contribution in [0, 0.1) is 3.57 Å². The molecule has 0 amide bonds. The normalized spacial score (nSPS) is 12.0. The second kappa shape index (κ2) is 5.91. The number of halogens is 1. The van der Waals surface area contributed by atoms with Crippen LogP contribution in [0.25, 0.3) is 11.4 Å². The van der Waals surface area contributed by atoms with Gasteiger partial charge in [-0.2, -0.15) is 0 Å². The Balaban J connectivity index is 2.47. The first-order valence-corrected chi connectivity index (χ1v) is 8.22. The molecule has 0 bridgehead atoms. The zero-order valence-corrected chi connectivity index (χ0v) is 15.4. The molecule has 0 saturated carbocycles. The van der Waals surface area contributed by atoms with E-state index >= 15 is 0 Å². The van der Waals surface area contributed by atoms with E-state index < -0.39 is 0 Å². The maximum Gasteiger partial charge on any atom is 0.161 e. The fourth-order valence-electron chi connectivity index (χ4n) is 2.11. The molecule has 0 atom stereocenters. The van der Waals surface area contributed by atoms with Crippen molar-refractivity contribution in [1.29, 1.82) is 0 Å². The Kier molecular flexibility index (Phi) is 4.56. The van der Waals surface area contributed by atoms with Crippen molar-refractivity contribution in [2.24, 2.45) is 0 Å². The Morgan fingerprint density at radius 2 is 1.62 bits per heavy atom. The average Bonchev–Trinajstić information content (AvgIpc) is 2.40. The highest BCUT2D eigenvalue weighted by molar-refractivity contribution is 14.1. The Morgan fingerprint density at radius 1 is 1.05 bits per heavy atom. The predicted octanol–water partition coefficient (Wildman–Crippen LogP) is 4.75. The molecule has 3 nitrogen and oxygen atoms in total. The van der Waals surface area contributed by atoms with Crippen LogP contribution >= 0.6 is 22.6 Å². The van der Waals surface area contributed by atoms with Crippen LogP contribution in [-0.4, -0.2) is 9.97 Å². The summed E-state index contributed by atoms with van der Waals surface area (Å²) in [6, 6.07) is 8.43. The van der Waals surface area contributed by atoms with E-state index in [9.17, 15) is 0 Å². The van der Waals surface area contributed by atoms with E-state index in [0.717, 1.165) is 14.8 Å². The number of nitrogens with zero attached hydrogens (tertiary/aromatic N) is 2. The molecule has 21 heavy (non-hydrogen) atoms. The van der Waals surface area contributed by atoms with Gasteiger partial charge in [0.1, 0.15) is 5.82 Å². The summed E-state index contributed by atoms with van der Waals surface area (Å²) in [4.78, 5) is 9.13. The van der Waals surface area contributed by atoms with Gasteiger partial charge in [0, 0.05) is 5.56 Å². The van der Waals surface area contributed by atoms with Crippen LogP contribution in [0.5, 0.6) is 0 Å². The van der Waals surface area contributed by atoms with Gasteiger partial charge in [0.2, 0.25) is 0 Å². The highest BCUT2D eigenvalue weighted by Crippen LogP contribution is 2.28. The smallest absolute Gasteiger partial charge is 0.161 e. The second-order valence-corrected chi connectivity index (χ2v) is 7.69. The molecule has 2 rings (SSSR count). The highest BCUT2D eigenvalue weighted by atomic mass is 127. The van der Waals surface area contributed by atoms with E-state index in [1.807, 2.05) is 0 Å². The van der Waals surface area contributed by atoms with Crippen LogP contribution in [-0.2, 0) is 5.41 Å². The number of benzene rings is 1. The van der Waals surface area contributed by atoms with Crippen molar-refractivity contribution in [1.82, 2.24) is 9.97 Å². The van der Waals surface area contributed by atoms with Crippen LogP contribution in [0.15, 0.2) is 24.3 Å². The topological polar surface area (TPSA) is 51.8 Å². The number of aromatic nitrogens is 2. The Hall–Kier alpha value is -1.17. The molecule has 0 radical (unpaired) electrons. The lowest BCUT2D eigenvalue weighted by Gasteiger charge is -2.19. The van der Waals surface area contributed by atoms with Crippen LogP contribution in [0.1, 0.15) is 51.8 Å². The third-order valence-electron chi connectivity index (χ3n) is 3.46. The molecule has 0 fully saturated rings. The third kappa shape index (κ3) is 3.54. The minimum absolute atomic E-state index is 0.146. The minimum Gasteiger partial charge on any atom is -0.383 e. The SMILES string of the molecule is CC(C)c1nc(-c2ccc(C(C)(C)C)cc2)nc(N)c1I. The minimum atomic E-state index is 0.146. The molecule has 0 unspecified atom stereocenters. The van der Waals surface area contributed by atoms with Gasteiger partial charge in [0.15, 0.2) is 5.82 Å². The zero-order valence-electron chi connectivity index (χ0n) is 13.2. The maximum absolute atomic E-state index is 6.04. The first kappa shape index (κ1) is 16.2. The predicted molar refractivity (Wildman–Crippen MR) is 97.4 cm³/mol. The van der Waals surface area contributed by atoms with Gasteiger partial charge in [-0.3, -0.25) is 0 Å². The van der Waals surface area contributed by atoms with E-state index in [-0.39, 0.29) is 5.41 Å². The van der Waals surface area contributed by atoms with Gasteiger partial charge in [-0.1, -0.05) is 58.9 Å². The molecule has 1 aromatic heterocycles. The largest absolute Gasteiger partial charge is 0.383 e. The number of hydrogen-bond donors (Lipinski definition) is 1.